The molecule has 3 aliphatic heterocycles. The van der Waals surface area contributed by atoms with Crippen LogP contribution in [0.4, 0.5) is 0 Å². The van der Waals surface area contributed by atoms with E-state index in [2.05, 4.69) is 4.89 Å². The minimum atomic E-state index is -2.54. The van der Waals surface area contributed by atoms with Crippen molar-refractivity contribution in [2.45, 2.75) is 91.6 Å². The maximum atomic E-state index is 10.8. The molecule has 0 spiro atoms. The van der Waals surface area contributed by atoms with E-state index in [9.17, 15) is 40.9 Å². The molecule has 36 heavy (non-hydrogen) atoms. The van der Waals surface area contributed by atoms with Crippen molar-refractivity contribution < 1.29 is 74.7 Å². The van der Waals surface area contributed by atoms with Crippen molar-refractivity contribution in [1.82, 2.24) is 0 Å². The lowest BCUT2D eigenvalue weighted by atomic mass is 9.93. The summed E-state index contributed by atoms with van der Waals surface area (Å²) in [6.45, 7) is -2.60. The normalized spacial score (nSPS) is 52.3. The van der Waals surface area contributed by atoms with Crippen molar-refractivity contribution in [3.05, 3.63) is 0 Å². The highest BCUT2D eigenvalue weighted by Crippen LogP contribution is 2.34. The summed E-state index contributed by atoms with van der Waals surface area (Å²) in [5.74, 6) is -2.54. The van der Waals surface area contributed by atoms with E-state index in [-0.39, 0.29) is 0 Å². The Hall–Kier alpha value is -0.720. The molecule has 0 amide bonds. The van der Waals surface area contributed by atoms with Gasteiger partial charge < -0.3 is 81.7 Å². The van der Waals surface area contributed by atoms with Gasteiger partial charge in [0.05, 0.1) is 31.3 Å². The largest absolute Gasteiger partial charge is 0.394 e. The van der Waals surface area contributed by atoms with Gasteiger partial charge in [-0.05, 0) is 0 Å². The molecule has 0 aromatic rings. The van der Waals surface area contributed by atoms with Crippen LogP contribution in [0.3, 0.4) is 0 Å². The van der Waals surface area contributed by atoms with Gasteiger partial charge >= 0.3 is 0 Å². The Morgan fingerprint density at radius 3 is 1.72 bits per heavy atom. The van der Waals surface area contributed by atoms with Gasteiger partial charge in [0.25, 0.3) is 5.79 Å². The monoisotopic (exact) mass is 533 g/mol. The van der Waals surface area contributed by atoms with Gasteiger partial charge in [0.1, 0.15) is 55.4 Å². The Balaban J connectivity index is 1.76. The van der Waals surface area contributed by atoms with Crippen LogP contribution in [0.2, 0.25) is 0 Å². The quantitative estimate of drug-likeness (QED) is 0.102. The molecule has 0 aromatic heterocycles. The van der Waals surface area contributed by atoms with Crippen LogP contribution < -0.4 is 17.2 Å². The molecule has 0 aromatic carbocycles. The van der Waals surface area contributed by atoms with Gasteiger partial charge in [-0.15, -0.1) is 0 Å². The van der Waals surface area contributed by atoms with Crippen molar-refractivity contribution in [1.29, 1.82) is 0 Å². The summed E-state index contributed by atoms with van der Waals surface area (Å²) in [6.07, 6.45) is -17.3. The van der Waals surface area contributed by atoms with Crippen molar-refractivity contribution in [3.63, 3.8) is 0 Å². The Kier molecular flexibility index (Phi) is 9.93. The molecule has 3 aliphatic rings. The summed E-state index contributed by atoms with van der Waals surface area (Å²) in [5, 5.41) is 89.3. The summed E-state index contributed by atoms with van der Waals surface area (Å²) in [6, 6.07) is -4.21. The molecular weight excluding hydrogens is 498 g/mol. The van der Waals surface area contributed by atoms with Gasteiger partial charge in [0, 0.05) is 0 Å². The van der Waals surface area contributed by atoms with Crippen LogP contribution in [0.25, 0.3) is 0 Å². The summed E-state index contributed by atoms with van der Waals surface area (Å²) >= 11 is 0. The van der Waals surface area contributed by atoms with E-state index in [1.54, 1.807) is 0 Å². The van der Waals surface area contributed by atoms with Gasteiger partial charge in [-0.1, -0.05) is 0 Å². The molecule has 212 valence electrons. The number of nitrogens with two attached hydrogens (primary N) is 3. The van der Waals surface area contributed by atoms with Crippen LogP contribution >= 0.6 is 0 Å². The van der Waals surface area contributed by atoms with Gasteiger partial charge in [0.15, 0.2) is 18.9 Å². The first kappa shape index (κ1) is 29.8. The lowest BCUT2D eigenvalue weighted by Crippen LogP contribution is -2.71. The number of ether oxygens (including phenoxy) is 5. The maximum absolute atomic E-state index is 10.8. The predicted molar refractivity (Wildman–Crippen MR) is 110 cm³/mol. The highest BCUT2D eigenvalue weighted by molar-refractivity contribution is 5.00. The Labute approximate surface area is 204 Å². The molecule has 0 bridgehead atoms. The Morgan fingerprint density at radius 1 is 0.694 bits per heavy atom. The first-order valence-corrected chi connectivity index (χ1v) is 11.1. The Bertz CT molecular complexity index is 703. The van der Waals surface area contributed by atoms with Gasteiger partial charge in [0.2, 0.25) is 0 Å². The second-order valence-electron chi connectivity index (χ2n) is 8.87. The van der Waals surface area contributed by atoms with E-state index in [4.69, 9.17) is 46.1 Å². The zero-order chi connectivity index (χ0) is 26.9. The highest BCUT2D eigenvalue weighted by atomic mass is 17.2. The van der Waals surface area contributed by atoms with Gasteiger partial charge in [-0.3, -0.25) is 0 Å². The molecule has 3 saturated heterocycles. The molecule has 18 nitrogen and oxygen atoms in total. The lowest BCUT2D eigenvalue weighted by molar-refractivity contribution is -0.483. The fraction of sp³-hybridized carbons (Fsp3) is 1.00. The third kappa shape index (κ3) is 5.38. The molecular formula is C18H35N3O15. The average molecular weight is 533 g/mol. The van der Waals surface area contributed by atoms with Crippen molar-refractivity contribution in [2.75, 3.05) is 19.8 Å². The number of aliphatic hydroxyl groups excluding tert-OH is 8. The Morgan fingerprint density at radius 2 is 1.19 bits per heavy atom. The average Bonchev–Trinajstić information content (AvgIpc) is 2.88. The third-order valence-electron chi connectivity index (χ3n) is 6.58. The first-order valence-electron chi connectivity index (χ1n) is 11.1. The number of hydrogen-bond acceptors (Lipinski definition) is 18. The molecule has 3 heterocycles. The second-order valence-corrected chi connectivity index (χ2v) is 8.87. The summed E-state index contributed by atoms with van der Waals surface area (Å²) in [4.78, 5) is 4.04. The van der Waals surface area contributed by atoms with Crippen LogP contribution in [0.1, 0.15) is 0 Å². The molecule has 0 radical (unpaired) electrons. The number of hydrogen-bond donors (Lipinski definition) is 12. The fourth-order valence-electron chi connectivity index (χ4n) is 4.29. The van der Waals surface area contributed by atoms with Crippen LogP contribution in [0.5, 0.6) is 0 Å². The molecule has 15 atom stereocenters. The topological polar surface area (TPSA) is 316 Å². The van der Waals surface area contributed by atoms with Crippen LogP contribution in [0.15, 0.2) is 0 Å². The lowest BCUT2D eigenvalue weighted by Gasteiger charge is -2.50. The molecule has 18 heteroatoms. The molecule has 0 saturated carbocycles. The molecule has 2 unspecified atom stereocenters. The van der Waals surface area contributed by atoms with E-state index in [1.165, 1.54) is 0 Å². The van der Waals surface area contributed by atoms with Crippen LogP contribution in [-0.4, -0.2) is 158 Å². The van der Waals surface area contributed by atoms with Crippen LogP contribution in [-0.2, 0) is 28.6 Å². The maximum Gasteiger partial charge on any atom is 0.255 e. The summed E-state index contributed by atoms with van der Waals surface area (Å²) in [7, 11) is 0. The van der Waals surface area contributed by atoms with Crippen molar-refractivity contribution in [3.8, 4) is 0 Å². The molecule has 0 aliphatic carbocycles. The van der Waals surface area contributed by atoms with E-state index in [1.807, 2.05) is 0 Å². The number of rotatable bonds is 8. The van der Waals surface area contributed by atoms with Gasteiger partial charge in [-0.2, -0.15) is 4.89 Å². The SMILES string of the molecule is N[C@H]1[C@@H](OC2[C@@H](CO)O[C@@H](OC3[C@@H](CO)O[C@@H](O)[C@H](N)[C@H]3O)[C@H](N)[C@H]2O)O[C@](CO)(OO)[C@@H](O)[C@@H]1O. The second kappa shape index (κ2) is 12.0. The third-order valence-corrected chi connectivity index (χ3v) is 6.58. The van der Waals surface area contributed by atoms with Gasteiger partial charge in [-0.25, -0.2) is 5.26 Å². The van der Waals surface area contributed by atoms with E-state index >= 15 is 0 Å². The minimum Gasteiger partial charge on any atom is -0.394 e. The standard InChI is InChI=1S/C18H35N3O15/c19-6-9(25)12(4(1-22)31-15(6)29)33-16-7(20)10(26)13(5(2-23)32-16)34-17-8(21)11(27)14(28)18(3-24,35-17)36-30/h4-17,22-30H,1-3,19-21H2/t4-,5-,6-,7-,8-,9-,10-,11-,12?,13?,14+,15-,16+,17+,18-/m1/s1. The predicted octanol–water partition coefficient (Wildman–Crippen LogP) is -7.86. The number of aliphatic hydroxyl groups is 8. The summed E-state index contributed by atoms with van der Waals surface area (Å²) < 4.78 is 27.2. The van der Waals surface area contributed by atoms with E-state index in [0.717, 1.165) is 0 Å². The zero-order valence-electron chi connectivity index (χ0n) is 18.9. The van der Waals surface area contributed by atoms with Crippen LogP contribution in [0, 0.1) is 0 Å². The molecule has 3 rings (SSSR count). The molecule has 3 fully saturated rings. The smallest absolute Gasteiger partial charge is 0.255 e. The molecule has 15 N–H and O–H groups in total. The fourth-order valence-corrected chi connectivity index (χ4v) is 4.29. The first-order chi connectivity index (χ1) is 17.0. The van der Waals surface area contributed by atoms with Crippen molar-refractivity contribution in [2.24, 2.45) is 17.2 Å². The minimum absolute atomic E-state index is 0.685. The van der Waals surface area contributed by atoms with Crippen molar-refractivity contribution >= 4 is 0 Å². The zero-order valence-corrected chi connectivity index (χ0v) is 18.9. The summed E-state index contributed by atoms with van der Waals surface area (Å²) in [5.41, 5.74) is 17.6. The van der Waals surface area contributed by atoms with E-state index < -0.39 is 111 Å². The highest BCUT2D eigenvalue weighted by Gasteiger charge is 2.57. The van der Waals surface area contributed by atoms with E-state index in [0.29, 0.717) is 0 Å².